The van der Waals surface area contributed by atoms with Gasteiger partial charge in [0.25, 0.3) is 0 Å². The van der Waals surface area contributed by atoms with Gasteiger partial charge < -0.3 is 10.1 Å². The zero-order valence-corrected chi connectivity index (χ0v) is 13.8. The Balaban J connectivity index is 1.51. The normalized spacial score (nSPS) is 20.4. The number of anilines is 1. The van der Waals surface area contributed by atoms with E-state index >= 15 is 0 Å². The molecular formula is C16H22N2O4S. The molecule has 1 aliphatic heterocycles. The van der Waals surface area contributed by atoms with Crippen molar-refractivity contribution in [2.45, 2.75) is 38.2 Å². The number of aryl methyl sites for hydroxylation is 2. The topological polar surface area (TPSA) is 84.5 Å². The van der Waals surface area contributed by atoms with E-state index in [1.807, 2.05) is 18.2 Å². The lowest BCUT2D eigenvalue weighted by Crippen LogP contribution is -2.37. The lowest BCUT2D eigenvalue weighted by molar-refractivity contribution is -0.113. The van der Waals surface area contributed by atoms with Crippen LogP contribution in [0.25, 0.3) is 0 Å². The van der Waals surface area contributed by atoms with Crippen LogP contribution in [0.15, 0.2) is 18.2 Å². The molecule has 1 aliphatic carbocycles. The molecule has 1 aromatic rings. The van der Waals surface area contributed by atoms with Gasteiger partial charge in [-0.25, -0.2) is 13.1 Å². The fourth-order valence-corrected chi connectivity index (χ4v) is 4.05. The van der Waals surface area contributed by atoms with Crippen molar-refractivity contribution in [3.8, 4) is 0 Å². The molecule has 23 heavy (non-hydrogen) atoms. The first-order valence-electron chi connectivity index (χ1n) is 8.02. The second-order valence-electron chi connectivity index (χ2n) is 6.13. The number of fused-ring (bicyclic) bond motifs is 1. The van der Waals surface area contributed by atoms with Crippen molar-refractivity contribution in [3.63, 3.8) is 0 Å². The van der Waals surface area contributed by atoms with E-state index in [-0.39, 0.29) is 12.6 Å². The number of amides is 1. The van der Waals surface area contributed by atoms with E-state index in [0.717, 1.165) is 32.1 Å². The first-order valence-corrected chi connectivity index (χ1v) is 9.68. The Morgan fingerprint density at radius 1 is 1.22 bits per heavy atom. The molecule has 1 saturated heterocycles. The van der Waals surface area contributed by atoms with Crippen LogP contribution in [0.3, 0.4) is 0 Å². The van der Waals surface area contributed by atoms with Gasteiger partial charge in [-0.15, -0.1) is 0 Å². The molecule has 1 heterocycles. The summed E-state index contributed by atoms with van der Waals surface area (Å²) in [6.07, 6.45) is 4.94. The van der Waals surface area contributed by atoms with Gasteiger partial charge in [0.05, 0.1) is 6.10 Å². The van der Waals surface area contributed by atoms with Gasteiger partial charge in [-0.05, 0) is 55.4 Å². The number of hydrogen-bond donors (Lipinski definition) is 2. The monoisotopic (exact) mass is 338 g/mol. The molecule has 1 amide bonds. The third-order valence-electron chi connectivity index (χ3n) is 4.26. The first kappa shape index (κ1) is 16.4. The Kier molecular flexibility index (Phi) is 4.99. The Bertz CT molecular complexity index is 681. The summed E-state index contributed by atoms with van der Waals surface area (Å²) < 4.78 is 31.7. The van der Waals surface area contributed by atoms with Gasteiger partial charge in [0.15, 0.2) is 0 Å². The number of hydrogen-bond acceptors (Lipinski definition) is 4. The van der Waals surface area contributed by atoms with Crippen LogP contribution in [0, 0.1) is 0 Å². The van der Waals surface area contributed by atoms with Crippen molar-refractivity contribution in [1.29, 1.82) is 0 Å². The number of carbonyl (C=O) groups is 1. The predicted octanol–water partition coefficient (Wildman–Crippen LogP) is 1.21. The van der Waals surface area contributed by atoms with Crippen LogP contribution in [0.5, 0.6) is 0 Å². The third kappa shape index (κ3) is 4.53. The number of benzene rings is 1. The maximum absolute atomic E-state index is 12.0. The smallest absolute Gasteiger partial charge is 0.240 e. The summed E-state index contributed by atoms with van der Waals surface area (Å²) in [5.41, 5.74) is 3.21. The van der Waals surface area contributed by atoms with Crippen LogP contribution in [0.4, 0.5) is 5.69 Å². The Morgan fingerprint density at radius 3 is 2.83 bits per heavy atom. The molecule has 0 aromatic heterocycles. The molecule has 7 heteroatoms. The summed E-state index contributed by atoms with van der Waals surface area (Å²) in [5.74, 6) is -1.10. The van der Waals surface area contributed by atoms with Gasteiger partial charge in [-0.2, -0.15) is 0 Å². The largest absolute Gasteiger partial charge is 0.377 e. The van der Waals surface area contributed by atoms with Crippen molar-refractivity contribution in [3.05, 3.63) is 29.3 Å². The van der Waals surface area contributed by atoms with Crippen LogP contribution in [0.1, 0.15) is 30.4 Å². The molecule has 6 nitrogen and oxygen atoms in total. The summed E-state index contributed by atoms with van der Waals surface area (Å²) in [4.78, 5) is 12.0. The van der Waals surface area contributed by atoms with Gasteiger partial charge in [0.1, 0.15) is 5.75 Å². The number of carbonyl (C=O) groups excluding carboxylic acids is 1. The molecule has 2 N–H and O–H groups in total. The van der Waals surface area contributed by atoms with Gasteiger partial charge in [0, 0.05) is 18.8 Å². The molecule has 0 spiro atoms. The number of nitrogens with one attached hydrogen (secondary N) is 2. The Labute approximate surface area is 136 Å². The molecule has 1 fully saturated rings. The van der Waals surface area contributed by atoms with Crippen LogP contribution >= 0.6 is 0 Å². The second kappa shape index (κ2) is 6.98. The fraction of sp³-hybridized carbons (Fsp3) is 0.562. The van der Waals surface area contributed by atoms with Crippen molar-refractivity contribution >= 4 is 21.6 Å². The molecule has 2 aliphatic rings. The highest BCUT2D eigenvalue weighted by Gasteiger charge is 2.21. The van der Waals surface area contributed by atoms with Gasteiger partial charge in [0.2, 0.25) is 15.9 Å². The predicted molar refractivity (Wildman–Crippen MR) is 87.9 cm³/mol. The SMILES string of the molecule is O=C(CS(=O)(=O)NCC1CCCO1)Nc1ccc2c(c1)CCC2. The van der Waals surface area contributed by atoms with E-state index in [4.69, 9.17) is 4.74 Å². The molecule has 0 saturated carbocycles. The van der Waals surface area contributed by atoms with Crippen LogP contribution in [-0.2, 0) is 32.4 Å². The Morgan fingerprint density at radius 2 is 2.04 bits per heavy atom. The maximum Gasteiger partial charge on any atom is 0.240 e. The zero-order chi connectivity index (χ0) is 16.3. The van der Waals surface area contributed by atoms with Crippen molar-refractivity contribution in [2.24, 2.45) is 0 Å². The highest BCUT2D eigenvalue weighted by Crippen LogP contribution is 2.24. The zero-order valence-electron chi connectivity index (χ0n) is 13.0. The van der Waals surface area contributed by atoms with Gasteiger partial charge >= 0.3 is 0 Å². The highest BCUT2D eigenvalue weighted by molar-refractivity contribution is 7.90. The number of rotatable bonds is 6. The summed E-state index contributed by atoms with van der Waals surface area (Å²) in [6.45, 7) is 0.902. The summed E-state index contributed by atoms with van der Waals surface area (Å²) >= 11 is 0. The van der Waals surface area contributed by atoms with E-state index in [0.29, 0.717) is 12.3 Å². The van der Waals surface area contributed by atoms with Crippen molar-refractivity contribution in [2.75, 3.05) is 24.2 Å². The van der Waals surface area contributed by atoms with E-state index in [2.05, 4.69) is 10.0 Å². The van der Waals surface area contributed by atoms with E-state index in [1.54, 1.807) is 0 Å². The lowest BCUT2D eigenvalue weighted by atomic mass is 10.1. The Hall–Kier alpha value is -1.44. The minimum Gasteiger partial charge on any atom is -0.377 e. The molecule has 3 rings (SSSR count). The molecule has 1 aromatic carbocycles. The van der Waals surface area contributed by atoms with E-state index in [9.17, 15) is 13.2 Å². The number of ether oxygens (including phenoxy) is 1. The van der Waals surface area contributed by atoms with Crippen molar-refractivity contribution in [1.82, 2.24) is 4.72 Å². The summed E-state index contributed by atoms with van der Waals surface area (Å²) in [5, 5.41) is 2.67. The third-order valence-corrected chi connectivity index (χ3v) is 5.51. The standard InChI is InChI=1S/C16H22N2O4S/c19-16(11-23(20,21)17-10-15-5-2-8-22-15)18-14-7-6-12-3-1-4-13(12)9-14/h6-7,9,15,17H,1-5,8,10-11H2,(H,18,19). The first-order chi connectivity index (χ1) is 11.0. The van der Waals surface area contributed by atoms with Crippen molar-refractivity contribution < 1.29 is 17.9 Å². The quantitative estimate of drug-likeness (QED) is 0.817. The van der Waals surface area contributed by atoms with Crippen LogP contribution in [-0.4, -0.2) is 39.3 Å². The molecule has 126 valence electrons. The van der Waals surface area contributed by atoms with E-state index in [1.165, 1.54) is 11.1 Å². The summed E-state index contributed by atoms with van der Waals surface area (Å²) in [7, 11) is -3.64. The van der Waals surface area contributed by atoms with E-state index < -0.39 is 21.7 Å². The molecule has 1 unspecified atom stereocenters. The fourth-order valence-electron chi connectivity index (χ4n) is 3.10. The minimum absolute atomic E-state index is 0.0791. The van der Waals surface area contributed by atoms with Gasteiger partial charge in [-0.3, -0.25) is 4.79 Å². The minimum atomic E-state index is -3.64. The second-order valence-corrected chi connectivity index (χ2v) is 7.93. The summed E-state index contributed by atoms with van der Waals surface area (Å²) in [6, 6.07) is 5.77. The molecule has 1 atom stereocenters. The van der Waals surface area contributed by atoms with Crippen LogP contribution in [0.2, 0.25) is 0 Å². The maximum atomic E-state index is 12.0. The lowest BCUT2D eigenvalue weighted by Gasteiger charge is -2.12. The average molecular weight is 338 g/mol. The number of sulfonamides is 1. The molecular weight excluding hydrogens is 316 g/mol. The molecule has 0 bridgehead atoms. The van der Waals surface area contributed by atoms with Gasteiger partial charge in [-0.1, -0.05) is 6.07 Å². The highest BCUT2D eigenvalue weighted by atomic mass is 32.2. The molecule has 0 radical (unpaired) electrons. The average Bonchev–Trinajstić information content (AvgIpc) is 3.15. The van der Waals surface area contributed by atoms with Crippen LogP contribution < -0.4 is 10.0 Å².